The largest absolute Gasteiger partial charge is 0.497 e. The number of rotatable bonds is 3. The highest BCUT2D eigenvalue weighted by Crippen LogP contribution is 2.47. The first-order valence-electron chi connectivity index (χ1n) is 9.65. The number of Topliss-reactive ketones (excluding diaryl/α,β-unsaturated/α-hetero) is 1. The lowest BCUT2D eigenvalue weighted by Crippen LogP contribution is -2.42. The average molecular weight is 395 g/mol. The molecule has 2 N–H and O–H groups in total. The van der Waals surface area contributed by atoms with Crippen LogP contribution in [-0.2, 0) is 4.79 Å². The summed E-state index contributed by atoms with van der Waals surface area (Å²) in [6, 6.07) is 7.29. The molecule has 1 spiro atoms. The second-order valence-corrected chi connectivity index (χ2v) is 8.59. The summed E-state index contributed by atoms with van der Waals surface area (Å²) in [5, 5.41) is 0. The Morgan fingerprint density at radius 2 is 2.00 bits per heavy atom. The summed E-state index contributed by atoms with van der Waals surface area (Å²) < 4.78 is 10.7. The lowest BCUT2D eigenvalue weighted by molar-refractivity contribution is -0.125. The summed E-state index contributed by atoms with van der Waals surface area (Å²) in [6.45, 7) is 4.93. The predicted molar refractivity (Wildman–Crippen MR) is 107 cm³/mol. The van der Waals surface area contributed by atoms with Gasteiger partial charge in [0, 0.05) is 29.5 Å². The molecule has 7 heteroatoms. The SMILES string of the molecule is COc1ccc(-c2ocnc2C(=O)N2CC[C@@]3(C=C(N)C(=O)C(C)(C)C3)C2)cc1. The van der Waals surface area contributed by atoms with Crippen LogP contribution in [-0.4, -0.2) is 41.8 Å². The minimum Gasteiger partial charge on any atom is -0.497 e. The number of ether oxygens (including phenoxy) is 1. The van der Waals surface area contributed by atoms with Crippen LogP contribution >= 0.6 is 0 Å². The maximum atomic E-state index is 13.2. The standard InChI is InChI=1S/C22H25N3O4/c1-21(2)11-22(10-16(23)19(21)26)8-9-25(12-22)20(27)17-18(29-13-24-17)14-4-6-15(28-3)7-5-14/h4-7,10,13H,8-9,11-12,23H2,1-3H3/t22-/m0/s1. The van der Waals surface area contributed by atoms with E-state index < -0.39 is 5.41 Å². The molecule has 1 saturated heterocycles. The number of carbonyl (C=O) groups excluding carboxylic acids is 2. The fraction of sp³-hybridized carbons (Fsp3) is 0.409. The van der Waals surface area contributed by atoms with Crippen molar-refractivity contribution in [1.29, 1.82) is 0 Å². The number of aromatic nitrogens is 1. The first-order chi connectivity index (χ1) is 13.7. The van der Waals surface area contributed by atoms with Crippen molar-refractivity contribution in [2.75, 3.05) is 20.2 Å². The Bertz CT molecular complexity index is 990. The van der Waals surface area contributed by atoms with Crippen LogP contribution in [0.25, 0.3) is 11.3 Å². The number of ketones is 1. The molecule has 1 aliphatic heterocycles. The summed E-state index contributed by atoms with van der Waals surface area (Å²) in [5.74, 6) is 0.962. The third kappa shape index (κ3) is 3.30. The second kappa shape index (κ2) is 6.76. The summed E-state index contributed by atoms with van der Waals surface area (Å²) in [5.41, 5.74) is 6.56. The first-order valence-corrected chi connectivity index (χ1v) is 9.65. The van der Waals surface area contributed by atoms with Crippen molar-refractivity contribution in [2.24, 2.45) is 16.6 Å². The van der Waals surface area contributed by atoms with Gasteiger partial charge in [-0.1, -0.05) is 13.8 Å². The average Bonchev–Trinajstić information content (AvgIpc) is 3.33. The van der Waals surface area contributed by atoms with Crippen LogP contribution in [0.4, 0.5) is 0 Å². The van der Waals surface area contributed by atoms with Crippen LogP contribution in [0.2, 0.25) is 0 Å². The van der Waals surface area contributed by atoms with Crippen LogP contribution in [0, 0.1) is 10.8 Å². The highest BCUT2D eigenvalue weighted by atomic mass is 16.5. The van der Waals surface area contributed by atoms with Gasteiger partial charge in [0.1, 0.15) is 5.75 Å². The zero-order chi connectivity index (χ0) is 20.8. The number of likely N-dealkylation sites (tertiary alicyclic amines) is 1. The molecule has 7 nitrogen and oxygen atoms in total. The fourth-order valence-corrected chi connectivity index (χ4v) is 4.62. The molecule has 0 radical (unpaired) electrons. The summed E-state index contributed by atoms with van der Waals surface area (Å²) in [7, 11) is 1.60. The van der Waals surface area contributed by atoms with Crippen LogP contribution in [0.1, 0.15) is 37.2 Å². The number of nitrogens with two attached hydrogens (primary N) is 1. The molecule has 2 aliphatic rings. The Morgan fingerprint density at radius 3 is 2.66 bits per heavy atom. The Balaban J connectivity index is 1.58. The maximum absolute atomic E-state index is 13.2. The van der Waals surface area contributed by atoms with Crippen molar-refractivity contribution in [2.45, 2.75) is 26.7 Å². The quantitative estimate of drug-likeness (QED) is 0.858. The number of amides is 1. The Kier molecular flexibility index (Phi) is 4.48. The number of oxazole rings is 1. The number of allylic oxidation sites excluding steroid dienone is 1. The third-order valence-corrected chi connectivity index (χ3v) is 5.93. The maximum Gasteiger partial charge on any atom is 0.276 e. The molecule has 1 amide bonds. The molecule has 0 saturated carbocycles. The summed E-state index contributed by atoms with van der Waals surface area (Å²) >= 11 is 0. The summed E-state index contributed by atoms with van der Waals surface area (Å²) in [4.78, 5) is 31.5. The van der Waals surface area contributed by atoms with Gasteiger partial charge in [-0.3, -0.25) is 9.59 Å². The number of nitrogens with zero attached hydrogens (tertiary/aromatic N) is 2. The van der Waals surface area contributed by atoms with Gasteiger partial charge in [0.05, 0.1) is 12.8 Å². The molecule has 1 fully saturated rings. The van der Waals surface area contributed by atoms with Crippen LogP contribution in [0.5, 0.6) is 5.75 Å². The van der Waals surface area contributed by atoms with Crippen molar-refractivity contribution in [3.8, 4) is 17.1 Å². The van der Waals surface area contributed by atoms with E-state index in [1.165, 1.54) is 6.39 Å². The van der Waals surface area contributed by atoms with Crippen molar-refractivity contribution in [3.63, 3.8) is 0 Å². The molecule has 4 rings (SSSR count). The van der Waals surface area contributed by atoms with Gasteiger partial charge in [0.2, 0.25) is 0 Å². The molecule has 0 bridgehead atoms. The zero-order valence-corrected chi connectivity index (χ0v) is 16.9. The highest BCUT2D eigenvalue weighted by molar-refractivity contribution is 6.00. The Labute approximate surface area is 169 Å². The van der Waals surface area contributed by atoms with E-state index >= 15 is 0 Å². The molecule has 1 aromatic heterocycles. The lowest BCUT2D eigenvalue weighted by Gasteiger charge is -2.39. The van der Waals surface area contributed by atoms with Gasteiger partial charge >= 0.3 is 0 Å². The van der Waals surface area contributed by atoms with E-state index in [2.05, 4.69) is 4.98 Å². The van der Waals surface area contributed by atoms with E-state index in [-0.39, 0.29) is 22.8 Å². The molecule has 152 valence electrons. The normalized spacial score (nSPS) is 23.3. The molecule has 1 aromatic carbocycles. The molecular weight excluding hydrogens is 370 g/mol. The smallest absolute Gasteiger partial charge is 0.276 e. The van der Waals surface area contributed by atoms with E-state index in [0.29, 0.717) is 31.0 Å². The van der Waals surface area contributed by atoms with Crippen LogP contribution in [0.15, 0.2) is 46.8 Å². The van der Waals surface area contributed by atoms with Gasteiger partial charge in [0.15, 0.2) is 23.6 Å². The number of hydrogen-bond acceptors (Lipinski definition) is 6. The van der Waals surface area contributed by atoms with Gasteiger partial charge in [0.25, 0.3) is 5.91 Å². The highest BCUT2D eigenvalue weighted by Gasteiger charge is 2.48. The number of benzene rings is 1. The molecule has 2 heterocycles. The van der Waals surface area contributed by atoms with E-state index in [9.17, 15) is 9.59 Å². The third-order valence-electron chi connectivity index (χ3n) is 5.93. The Hall–Kier alpha value is -3.09. The van der Waals surface area contributed by atoms with E-state index in [1.807, 2.05) is 44.2 Å². The Morgan fingerprint density at radius 1 is 1.28 bits per heavy atom. The molecule has 1 aliphatic carbocycles. The topological polar surface area (TPSA) is 98.7 Å². The van der Waals surface area contributed by atoms with Crippen molar-refractivity contribution in [1.82, 2.24) is 9.88 Å². The lowest BCUT2D eigenvalue weighted by atomic mass is 9.65. The number of methoxy groups -OCH3 is 1. The van der Waals surface area contributed by atoms with Crippen LogP contribution < -0.4 is 10.5 Å². The molecule has 0 unspecified atom stereocenters. The molecule has 2 aromatic rings. The van der Waals surface area contributed by atoms with E-state index in [0.717, 1.165) is 17.7 Å². The van der Waals surface area contributed by atoms with E-state index in [4.69, 9.17) is 14.9 Å². The number of hydrogen-bond donors (Lipinski definition) is 1. The van der Waals surface area contributed by atoms with Crippen molar-refractivity contribution in [3.05, 3.63) is 48.1 Å². The van der Waals surface area contributed by atoms with Gasteiger partial charge in [-0.15, -0.1) is 0 Å². The second-order valence-electron chi connectivity index (χ2n) is 8.59. The fourth-order valence-electron chi connectivity index (χ4n) is 4.62. The zero-order valence-electron chi connectivity index (χ0n) is 16.9. The number of carbonyl (C=O) groups is 2. The predicted octanol–water partition coefficient (Wildman–Crippen LogP) is 3.02. The monoisotopic (exact) mass is 395 g/mol. The molecule has 1 atom stereocenters. The molecular formula is C22H25N3O4. The van der Waals surface area contributed by atoms with Gasteiger partial charge in [-0.25, -0.2) is 4.98 Å². The van der Waals surface area contributed by atoms with Gasteiger partial charge in [-0.2, -0.15) is 0 Å². The molecule has 29 heavy (non-hydrogen) atoms. The van der Waals surface area contributed by atoms with E-state index in [1.54, 1.807) is 12.0 Å². The van der Waals surface area contributed by atoms with Gasteiger partial charge < -0.3 is 19.8 Å². The first kappa shape index (κ1) is 19.2. The van der Waals surface area contributed by atoms with Crippen LogP contribution in [0.3, 0.4) is 0 Å². The minimum atomic E-state index is -0.528. The summed E-state index contributed by atoms with van der Waals surface area (Å²) in [6.07, 6.45) is 4.60. The minimum absolute atomic E-state index is 0.0220. The van der Waals surface area contributed by atoms with Gasteiger partial charge in [-0.05, 0) is 43.2 Å². The van der Waals surface area contributed by atoms with Crippen molar-refractivity contribution < 1.29 is 18.7 Å². The van der Waals surface area contributed by atoms with Crippen molar-refractivity contribution >= 4 is 11.7 Å².